The Morgan fingerprint density at radius 1 is 0.808 bits per heavy atom. The third-order valence-electron chi connectivity index (χ3n) is 4.01. The van der Waals surface area contributed by atoms with E-state index in [4.69, 9.17) is 0 Å². The van der Waals surface area contributed by atoms with Crippen molar-refractivity contribution >= 4 is 23.1 Å². The van der Waals surface area contributed by atoms with Crippen LogP contribution < -0.4 is 5.32 Å². The number of aromatic carboxylic acids is 1. The Kier molecular flexibility index (Phi) is 4.71. The number of benzene rings is 3. The molecule has 0 saturated carbocycles. The molecule has 26 heavy (non-hydrogen) atoms. The topological polar surface area (TPSA) is 86.6 Å². The highest BCUT2D eigenvalue weighted by molar-refractivity contribution is 6.16. The van der Waals surface area contributed by atoms with Crippen molar-refractivity contribution in [3.63, 3.8) is 0 Å². The summed E-state index contributed by atoms with van der Waals surface area (Å²) < 4.78 is 0. The third-order valence-corrected chi connectivity index (χ3v) is 4.01. The summed E-state index contributed by atoms with van der Waals surface area (Å²) in [7, 11) is 0. The molecule has 3 rings (SSSR count). The van der Waals surface area contributed by atoms with E-state index in [1.165, 1.54) is 18.2 Å². The number of rotatable bonds is 5. The second-order valence-corrected chi connectivity index (χ2v) is 5.87. The highest BCUT2D eigenvalue weighted by Gasteiger charge is 2.21. The summed E-state index contributed by atoms with van der Waals surface area (Å²) in [4.78, 5) is 24.1. The Hall–Kier alpha value is -3.60. The van der Waals surface area contributed by atoms with E-state index >= 15 is 0 Å². The average Bonchev–Trinajstić information content (AvgIpc) is 2.64. The first-order valence-electron chi connectivity index (χ1n) is 8.00. The quantitative estimate of drug-likeness (QED) is 0.471. The summed E-state index contributed by atoms with van der Waals surface area (Å²) in [5.74, 6) is -1.96. The van der Waals surface area contributed by atoms with Gasteiger partial charge in [-0.25, -0.2) is 4.79 Å². The molecule has 0 aliphatic carbocycles. The van der Waals surface area contributed by atoms with Gasteiger partial charge in [-0.05, 0) is 37.3 Å². The molecule has 3 N–H and O–H groups in total. The Labute approximate surface area is 150 Å². The van der Waals surface area contributed by atoms with Crippen LogP contribution in [-0.2, 0) is 0 Å². The Bertz CT molecular complexity index is 978. The van der Waals surface area contributed by atoms with E-state index in [1.54, 1.807) is 24.3 Å². The summed E-state index contributed by atoms with van der Waals surface area (Å²) in [6.45, 7) is 1.97. The van der Waals surface area contributed by atoms with E-state index < -0.39 is 11.8 Å². The monoisotopic (exact) mass is 347 g/mol. The summed E-state index contributed by atoms with van der Waals surface area (Å²) in [5, 5.41) is 22.9. The zero-order chi connectivity index (χ0) is 18.7. The average molecular weight is 347 g/mol. The highest BCUT2D eigenvalue weighted by Crippen LogP contribution is 2.32. The summed E-state index contributed by atoms with van der Waals surface area (Å²) in [6.07, 6.45) is 0. The number of phenols is 1. The van der Waals surface area contributed by atoms with Crippen molar-refractivity contribution in [2.45, 2.75) is 6.92 Å². The summed E-state index contributed by atoms with van der Waals surface area (Å²) in [5.41, 5.74) is 2.20. The normalized spacial score (nSPS) is 10.3. The Morgan fingerprint density at radius 2 is 1.42 bits per heavy atom. The minimum absolute atomic E-state index is 0.0304. The van der Waals surface area contributed by atoms with Crippen LogP contribution in [0.4, 0.5) is 11.4 Å². The number of para-hydroxylation sites is 1. The molecule has 5 nitrogen and oxygen atoms in total. The van der Waals surface area contributed by atoms with Gasteiger partial charge in [0, 0.05) is 11.3 Å². The number of carbonyl (C=O) groups is 2. The first-order chi connectivity index (χ1) is 12.5. The van der Waals surface area contributed by atoms with Gasteiger partial charge in [-0.2, -0.15) is 0 Å². The number of carbonyl (C=O) groups excluding carboxylic acids is 1. The molecule has 130 valence electrons. The van der Waals surface area contributed by atoms with Gasteiger partial charge in [0.05, 0.1) is 16.8 Å². The maximum Gasteiger partial charge on any atom is 0.336 e. The van der Waals surface area contributed by atoms with Crippen LogP contribution in [0.1, 0.15) is 31.8 Å². The molecule has 5 heteroatoms. The van der Waals surface area contributed by atoms with Crippen LogP contribution in [0.2, 0.25) is 0 Å². The molecule has 0 fully saturated rings. The number of aryl methyl sites for hydroxylation is 1. The third kappa shape index (κ3) is 3.42. The van der Waals surface area contributed by atoms with Gasteiger partial charge in [0.15, 0.2) is 5.78 Å². The zero-order valence-electron chi connectivity index (χ0n) is 14.1. The van der Waals surface area contributed by atoms with Crippen LogP contribution in [0.5, 0.6) is 5.75 Å². The summed E-state index contributed by atoms with van der Waals surface area (Å²) in [6, 6.07) is 18.3. The molecule has 0 amide bonds. The van der Waals surface area contributed by atoms with Gasteiger partial charge in [0.25, 0.3) is 0 Å². The van der Waals surface area contributed by atoms with Gasteiger partial charge in [0.1, 0.15) is 5.75 Å². The van der Waals surface area contributed by atoms with Gasteiger partial charge in [-0.3, -0.25) is 4.79 Å². The van der Waals surface area contributed by atoms with Crippen LogP contribution in [0.25, 0.3) is 0 Å². The first kappa shape index (κ1) is 17.2. The number of hydrogen-bond donors (Lipinski definition) is 3. The lowest BCUT2D eigenvalue weighted by atomic mass is 9.97. The van der Waals surface area contributed by atoms with Crippen molar-refractivity contribution in [2.75, 3.05) is 5.32 Å². The number of nitrogens with one attached hydrogen (secondary N) is 1. The zero-order valence-corrected chi connectivity index (χ0v) is 14.1. The van der Waals surface area contributed by atoms with Crippen molar-refractivity contribution in [2.24, 2.45) is 0 Å². The van der Waals surface area contributed by atoms with Crippen LogP contribution in [-0.4, -0.2) is 22.0 Å². The Morgan fingerprint density at radius 3 is 2.08 bits per heavy atom. The van der Waals surface area contributed by atoms with E-state index in [0.29, 0.717) is 5.69 Å². The van der Waals surface area contributed by atoms with E-state index in [1.807, 2.05) is 31.2 Å². The van der Waals surface area contributed by atoms with Gasteiger partial charge in [-0.1, -0.05) is 42.0 Å². The predicted octanol–water partition coefficient (Wildman–Crippen LogP) is 4.37. The van der Waals surface area contributed by atoms with Crippen molar-refractivity contribution in [1.82, 2.24) is 0 Å². The largest absolute Gasteiger partial charge is 0.505 e. The molecule has 0 spiro atoms. The van der Waals surface area contributed by atoms with Crippen molar-refractivity contribution in [1.29, 1.82) is 0 Å². The minimum Gasteiger partial charge on any atom is -0.505 e. The number of aromatic hydroxyl groups is 1. The second-order valence-electron chi connectivity index (χ2n) is 5.87. The van der Waals surface area contributed by atoms with Crippen molar-refractivity contribution < 1.29 is 19.8 Å². The van der Waals surface area contributed by atoms with E-state index in [2.05, 4.69) is 5.32 Å². The van der Waals surface area contributed by atoms with Gasteiger partial charge in [-0.15, -0.1) is 0 Å². The number of phenolic OH excluding ortho intramolecular Hbond substituents is 1. The molecule has 0 unspecified atom stereocenters. The molecule has 3 aromatic carbocycles. The molecule has 0 saturated heterocycles. The van der Waals surface area contributed by atoms with E-state index in [9.17, 15) is 19.8 Å². The second kappa shape index (κ2) is 7.11. The predicted molar refractivity (Wildman–Crippen MR) is 99.4 cm³/mol. The number of carboxylic acid groups (broad SMARTS) is 1. The van der Waals surface area contributed by atoms with Gasteiger partial charge in [0.2, 0.25) is 0 Å². The lowest BCUT2D eigenvalue weighted by Gasteiger charge is -2.12. The maximum atomic E-state index is 12.8. The van der Waals surface area contributed by atoms with Crippen LogP contribution in [0, 0.1) is 6.92 Å². The summed E-state index contributed by atoms with van der Waals surface area (Å²) >= 11 is 0. The standard InChI is InChI=1S/C21H17NO4/c1-13-9-11-14(12-10-13)22-18-8-4-7-17(20(18)24)19(23)15-5-2-3-6-16(15)21(25)26/h2-12,22,24H,1H3,(H,25,26). The number of ketones is 1. The molecule has 0 radical (unpaired) electrons. The number of carboxylic acids is 1. The molecule has 0 atom stereocenters. The molecular weight excluding hydrogens is 330 g/mol. The van der Waals surface area contributed by atoms with Gasteiger partial charge < -0.3 is 15.5 Å². The first-order valence-corrected chi connectivity index (χ1v) is 8.00. The Balaban J connectivity index is 1.98. The minimum atomic E-state index is -1.19. The van der Waals surface area contributed by atoms with Gasteiger partial charge >= 0.3 is 5.97 Å². The molecule has 0 bridgehead atoms. The maximum absolute atomic E-state index is 12.8. The fraction of sp³-hybridized carbons (Fsp3) is 0.0476. The van der Waals surface area contributed by atoms with Crippen LogP contribution in [0.15, 0.2) is 66.7 Å². The van der Waals surface area contributed by atoms with E-state index in [0.717, 1.165) is 11.3 Å². The smallest absolute Gasteiger partial charge is 0.336 e. The lowest BCUT2D eigenvalue weighted by Crippen LogP contribution is -2.10. The fourth-order valence-corrected chi connectivity index (χ4v) is 2.63. The molecule has 0 heterocycles. The fourth-order valence-electron chi connectivity index (χ4n) is 2.63. The van der Waals surface area contributed by atoms with Crippen molar-refractivity contribution in [3.8, 4) is 5.75 Å². The molecule has 0 aliphatic rings. The van der Waals surface area contributed by atoms with Crippen molar-refractivity contribution in [3.05, 3.63) is 89.0 Å². The number of anilines is 2. The molecule has 0 aliphatic heterocycles. The highest BCUT2D eigenvalue weighted by atomic mass is 16.4. The molecule has 3 aromatic rings. The van der Waals surface area contributed by atoms with E-state index in [-0.39, 0.29) is 22.4 Å². The lowest BCUT2D eigenvalue weighted by molar-refractivity contribution is 0.0692. The van der Waals surface area contributed by atoms with Crippen LogP contribution in [0.3, 0.4) is 0 Å². The number of hydrogen-bond acceptors (Lipinski definition) is 4. The molecule has 0 aromatic heterocycles. The SMILES string of the molecule is Cc1ccc(Nc2cccc(C(=O)c3ccccc3C(=O)O)c2O)cc1. The molecular formula is C21H17NO4. The van der Waals surface area contributed by atoms with Crippen LogP contribution >= 0.6 is 0 Å².